The first-order valence-electron chi connectivity index (χ1n) is 21.3. The fraction of sp³-hybridized carbons (Fsp3) is 0.200. The van der Waals surface area contributed by atoms with Crippen molar-refractivity contribution in [3.8, 4) is 22.3 Å². The van der Waals surface area contributed by atoms with Crippen molar-refractivity contribution in [1.82, 2.24) is 29.7 Å². The number of nitrogens with zero attached hydrogens (tertiary/aromatic N) is 4. The maximum atomic E-state index is 13.9. The number of likely N-dealkylation sites (tertiary alicyclic amines) is 2. The van der Waals surface area contributed by atoms with E-state index in [2.05, 4.69) is 70.6 Å². The molecule has 2 fully saturated rings. The van der Waals surface area contributed by atoms with Gasteiger partial charge in [0.25, 0.3) is 11.8 Å². The third-order valence-corrected chi connectivity index (χ3v) is 12.3. The van der Waals surface area contributed by atoms with E-state index in [1.807, 2.05) is 24.3 Å². The van der Waals surface area contributed by atoms with Crippen LogP contribution in [0.25, 0.3) is 55.1 Å². The van der Waals surface area contributed by atoms with Crippen LogP contribution in [0.3, 0.4) is 0 Å². The van der Waals surface area contributed by atoms with E-state index in [0.717, 1.165) is 67.9 Å². The van der Waals surface area contributed by atoms with Crippen molar-refractivity contribution in [1.29, 1.82) is 0 Å². The molecular formula is C50H44N8O6. The maximum absolute atomic E-state index is 13.9. The van der Waals surface area contributed by atoms with Crippen LogP contribution < -0.4 is 11.5 Å². The van der Waals surface area contributed by atoms with Gasteiger partial charge in [0.05, 0.1) is 34.2 Å². The number of primary amides is 2. The fourth-order valence-corrected chi connectivity index (χ4v) is 9.28. The van der Waals surface area contributed by atoms with E-state index < -0.39 is 24.4 Å². The van der Waals surface area contributed by atoms with Crippen LogP contribution >= 0.6 is 0 Å². The monoisotopic (exact) mass is 852 g/mol. The number of nitrogens with one attached hydrogen (secondary N) is 2. The number of nitrogens with two attached hydrogens (primary N) is 2. The number of aromatic nitrogens is 4. The minimum absolute atomic E-state index is 0.318. The van der Waals surface area contributed by atoms with Crippen LogP contribution in [0.4, 0.5) is 9.59 Å². The number of carbonyl (C=O) groups excluding carboxylic acids is 4. The van der Waals surface area contributed by atoms with Gasteiger partial charge in [0, 0.05) is 24.2 Å². The highest BCUT2D eigenvalue weighted by molar-refractivity contribution is 5.93. The van der Waals surface area contributed by atoms with Crippen molar-refractivity contribution in [2.75, 3.05) is 13.1 Å². The summed E-state index contributed by atoms with van der Waals surface area (Å²) in [7, 11) is 0. The van der Waals surface area contributed by atoms with Crippen LogP contribution in [-0.4, -0.2) is 66.8 Å². The highest BCUT2D eigenvalue weighted by atomic mass is 16.6. The first-order chi connectivity index (χ1) is 31.2. The number of hydrogen-bond acceptors (Lipinski definition) is 8. The van der Waals surface area contributed by atoms with Gasteiger partial charge in [0.1, 0.15) is 11.6 Å². The van der Waals surface area contributed by atoms with E-state index in [-0.39, 0.29) is 23.9 Å². The third-order valence-electron chi connectivity index (χ3n) is 12.3. The second-order valence-corrected chi connectivity index (χ2v) is 16.3. The third kappa shape index (κ3) is 7.74. The topological polar surface area (TPSA) is 203 Å². The van der Waals surface area contributed by atoms with Gasteiger partial charge in [-0.15, -0.1) is 0 Å². The molecule has 0 unspecified atom stereocenters. The zero-order chi connectivity index (χ0) is 43.9. The van der Waals surface area contributed by atoms with Crippen LogP contribution in [0.5, 0.6) is 0 Å². The molecule has 4 amide bonds. The number of amides is 4. The molecule has 0 spiro atoms. The number of hydrogen-bond donors (Lipinski definition) is 4. The smallest absolute Gasteiger partial charge is 0.405 e. The average Bonchev–Trinajstić information content (AvgIpc) is 4.15. The summed E-state index contributed by atoms with van der Waals surface area (Å²) in [5.74, 6) is 0.674. The maximum Gasteiger partial charge on any atom is 0.405 e. The van der Waals surface area contributed by atoms with E-state index in [0.29, 0.717) is 48.7 Å². The standard InChI is InChI=1S/C50H44N8O6/c51-49(61)63-43(30-9-3-1-4-10-30)47(59)57-23-7-13-41(57)45-53-37-21-19-34(27-39(37)55-45)32-17-15-29-16-18-33(26-36(29)25-32)35-20-22-38-40(28-35)56-46(54-38)42-14-8-24-58(42)48(60)44(64-50(52)62)31-11-5-2-6-12-31/h1-6,9-12,15-22,25-28,41-44H,7-8,13-14,23-24H2,(H2,51,61)(H2,52,62)(H,53,55)(H,54,56)/t41-,42-,43+,44+/m0/s1. The Balaban J connectivity index is 0.887. The van der Waals surface area contributed by atoms with Crippen molar-refractivity contribution in [2.45, 2.75) is 50.0 Å². The molecule has 0 radical (unpaired) electrons. The molecule has 0 bridgehead atoms. The SMILES string of the molecule is NC(=O)O[C@@H](C(=O)N1CCC[C@H]1c1nc2ccc(-c3ccc4ccc(-c5ccc6nc([C@@H]7CCCN7C(=O)[C@H](OC(N)=O)c7ccccc7)[nH]c6c5)cc4c3)cc2[nH]1)c1ccccc1. The molecule has 6 aromatic carbocycles. The van der Waals surface area contributed by atoms with Crippen LogP contribution in [0, 0.1) is 0 Å². The van der Waals surface area contributed by atoms with Crippen molar-refractivity contribution >= 4 is 56.8 Å². The second kappa shape index (κ2) is 16.7. The van der Waals surface area contributed by atoms with Gasteiger partial charge >= 0.3 is 12.2 Å². The Morgan fingerprint density at radius 2 is 0.938 bits per heavy atom. The van der Waals surface area contributed by atoms with Crippen molar-refractivity contribution in [3.05, 3.63) is 156 Å². The molecule has 14 heteroatoms. The molecule has 6 N–H and O–H groups in total. The number of H-pyrrole nitrogens is 2. The van der Waals surface area contributed by atoms with E-state index in [1.54, 1.807) is 58.3 Å². The predicted molar refractivity (Wildman–Crippen MR) is 241 cm³/mol. The Bertz CT molecular complexity index is 2870. The Hall–Kier alpha value is -8.00. The summed E-state index contributed by atoms with van der Waals surface area (Å²) in [6.07, 6.45) is -1.34. The minimum Gasteiger partial charge on any atom is -0.431 e. The Kier molecular flexibility index (Phi) is 10.5. The Morgan fingerprint density at radius 1 is 0.531 bits per heavy atom. The van der Waals surface area contributed by atoms with Crippen LogP contribution in [0.2, 0.25) is 0 Å². The summed E-state index contributed by atoms with van der Waals surface area (Å²) in [5.41, 5.74) is 19.2. The predicted octanol–water partition coefficient (Wildman–Crippen LogP) is 8.93. The molecule has 10 rings (SSSR count). The van der Waals surface area contributed by atoms with E-state index in [1.165, 1.54) is 0 Å². The van der Waals surface area contributed by atoms with Crippen molar-refractivity contribution in [2.24, 2.45) is 11.5 Å². The zero-order valence-electron chi connectivity index (χ0n) is 34.6. The van der Waals surface area contributed by atoms with Gasteiger partial charge in [-0.25, -0.2) is 19.6 Å². The molecule has 2 aromatic heterocycles. The number of imidazole rings is 2. The molecule has 0 saturated carbocycles. The van der Waals surface area contributed by atoms with Gasteiger partial charge in [0.2, 0.25) is 12.2 Å². The molecule has 0 aliphatic carbocycles. The van der Waals surface area contributed by atoms with Gasteiger partial charge in [-0.1, -0.05) is 97.1 Å². The zero-order valence-corrected chi connectivity index (χ0v) is 34.6. The number of fused-ring (bicyclic) bond motifs is 3. The lowest BCUT2D eigenvalue weighted by Gasteiger charge is -2.27. The lowest BCUT2D eigenvalue weighted by Crippen LogP contribution is -2.37. The van der Waals surface area contributed by atoms with E-state index in [4.69, 9.17) is 30.9 Å². The number of ether oxygens (including phenoxy) is 2. The van der Waals surface area contributed by atoms with Crippen LogP contribution in [0.1, 0.15) is 72.8 Å². The lowest BCUT2D eigenvalue weighted by atomic mass is 9.97. The summed E-state index contributed by atoms with van der Waals surface area (Å²) in [5, 5.41) is 2.17. The average molecular weight is 853 g/mol. The Morgan fingerprint density at radius 3 is 1.36 bits per heavy atom. The molecule has 2 aliphatic rings. The van der Waals surface area contributed by atoms with E-state index >= 15 is 0 Å². The molecular weight excluding hydrogens is 809 g/mol. The molecule has 64 heavy (non-hydrogen) atoms. The molecule has 2 aliphatic heterocycles. The molecule has 4 heterocycles. The second-order valence-electron chi connectivity index (χ2n) is 16.3. The highest BCUT2D eigenvalue weighted by Crippen LogP contribution is 2.38. The van der Waals surface area contributed by atoms with Gasteiger partial charge in [0.15, 0.2) is 0 Å². The quantitative estimate of drug-likeness (QED) is 0.104. The molecule has 4 atom stereocenters. The number of benzene rings is 6. The molecule has 8 aromatic rings. The van der Waals surface area contributed by atoms with Crippen molar-refractivity contribution < 1.29 is 28.7 Å². The number of rotatable bonds is 10. The largest absolute Gasteiger partial charge is 0.431 e. The van der Waals surface area contributed by atoms with Gasteiger partial charge < -0.3 is 40.7 Å². The summed E-state index contributed by atoms with van der Waals surface area (Å²) in [6, 6.07) is 42.2. The fourth-order valence-electron chi connectivity index (χ4n) is 9.28. The van der Waals surface area contributed by atoms with Gasteiger partial charge in [-0.05, 0) is 95.1 Å². The highest BCUT2D eigenvalue weighted by Gasteiger charge is 2.39. The molecule has 2 saturated heterocycles. The normalized spacial score (nSPS) is 17.2. The van der Waals surface area contributed by atoms with Gasteiger partial charge in [-0.2, -0.15) is 0 Å². The van der Waals surface area contributed by atoms with Gasteiger partial charge in [-0.3, -0.25) is 9.59 Å². The molecule has 320 valence electrons. The summed E-state index contributed by atoms with van der Waals surface area (Å²) >= 11 is 0. The Labute approximate surface area is 367 Å². The summed E-state index contributed by atoms with van der Waals surface area (Å²) < 4.78 is 10.7. The lowest BCUT2D eigenvalue weighted by molar-refractivity contribution is -0.142. The van der Waals surface area contributed by atoms with E-state index in [9.17, 15) is 19.2 Å². The molecule has 14 nitrogen and oxygen atoms in total. The number of carbonyl (C=O) groups is 4. The van der Waals surface area contributed by atoms with Crippen LogP contribution in [0.15, 0.2) is 133 Å². The van der Waals surface area contributed by atoms with Crippen LogP contribution in [-0.2, 0) is 19.1 Å². The first-order valence-corrected chi connectivity index (χ1v) is 21.3. The number of aromatic amines is 2. The summed E-state index contributed by atoms with van der Waals surface area (Å²) in [6.45, 7) is 1.00. The summed E-state index contributed by atoms with van der Waals surface area (Å²) in [4.78, 5) is 71.7. The first kappa shape index (κ1) is 40.1. The van der Waals surface area contributed by atoms with Crippen molar-refractivity contribution in [3.63, 3.8) is 0 Å². The minimum atomic E-state index is -1.15.